The van der Waals surface area contributed by atoms with Crippen LogP contribution in [0.5, 0.6) is 0 Å². The number of nitrogens with two attached hydrogens (primary N) is 1. The molecular weight excluding hydrogens is 164 g/mol. The summed E-state index contributed by atoms with van der Waals surface area (Å²) in [4.78, 5) is 25.0. The molecule has 0 fully saturated rings. The van der Waals surface area contributed by atoms with Gasteiger partial charge in [-0.2, -0.15) is 0 Å². The van der Waals surface area contributed by atoms with E-state index in [1.165, 1.54) is 0 Å². The Bertz CT molecular complexity index is 192. The molecule has 12 heavy (non-hydrogen) atoms. The first-order valence-corrected chi connectivity index (χ1v) is 3.21. The van der Waals surface area contributed by atoms with Crippen molar-refractivity contribution in [2.45, 2.75) is 18.9 Å². The van der Waals surface area contributed by atoms with E-state index in [4.69, 9.17) is 10.8 Å². The number of hydrogen-bond donors (Lipinski definition) is 2. The molecule has 3 N–H and O–H groups in total. The van der Waals surface area contributed by atoms with E-state index in [1.807, 2.05) is 0 Å². The van der Waals surface area contributed by atoms with Gasteiger partial charge in [-0.1, -0.05) is 0 Å². The standard InChI is InChI=1S/C6H10N2O4/c1-8-12-4(6(10)11)2-3-5(7)9/h4H,1-3H2,(H2,7,9)(H,10,11). The van der Waals surface area contributed by atoms with E-state index in [-0.39, 0.29) is 12.8 Å². The minimum Gasteiger partial charge on any atom is -0.478 e. The zero-order valence-corrected chi connectivity index (χ0v) is 6.40. The lowest BCUT2D eigenvalue weighted by molar-refractivity contribution is -0.150. The van der Waals surface area contributed by atoms with Gasteiger partial charge in [-0.3, -0.25) is 4.79 Å². The highest BCUT2D eigenvalue weighted by molar-refractivity contribution is 5.76. The van der Waals surface area contributed by atoms with Crippen molar-refractivity contribution >= 4 is 18.6 Å². The van der Waals surface area contributed by atoms with Gasteiger partial charge >= 0.3 is 5.97 Å². The van der Waals surface area contributed by atoms with Gasteiger partial charge < -0.3 is 15.7 Å². The Kier molecular flexibility index (Phi) is 4.43. The number of amides is 1. The van der Waals surface area contributed by atoms with Crippen LogP contribution < -0.4 is 5.73 Å². The molecule has 0 aliphatic rings. The summed E-state index contributed by atoms with van der Waals surface area (Å²) in [6.07, 6.45) is -1.19. The number of carbonyl (C=O) groups excluding carboxylic acids is 1. The second-order valence-electron chi connectivity index (χ2n) is 2.07. The van der Waals surface area contributed by atoms with Gasteiger partial charge in [0.2, 0.25) is 12.0 Å². The third-order valence-electron chi connectivity index (χ3n) is 1.13. The third-order valence-corrected chi connectivity index (χ3v) is 1.13. The molecule has 0 rings (SSSR count). The summed E-state index contributed by atoms with van der Waals surface area (Å²) in [5, 5.41) is 11.4. The van der Waals surface area contributed by atoms with Gasteiger partial charge in [-0.25, -0.2) is 4.79 Å². The summed E-state index contributed by atoms with van der Waals surface area (Å²) in [6, 6.07) is 0. The number of nitrogens with zero attached hydrogens (tertiary/aromatic N) is 1. The van der Waals surface area contributed by atoms with Crippen LogP contribution in [0.3, 0.4) is 0 Å². The molecule has 0 spiro atoms. The molecule has 0 aliphatic carbocycles. The molecule has 0 heterocycles. The first-order valence-electron chi connectivity index (χ1n) is 3.21. The molecule has 0 saturated carbocycles. The highest BCUT2D eigenvalue weighted by Gasteiger charge is 2.19. The number of primary amides is 1. The Balaban J connectivity index is 3.86. The molecule has 6 nitrogen and oxygen atoms in total. The highest BCUT2D eigenvalue weighted by atomic mass is 16.6. The number of carboxylic acid groups (broad SMARTS) is 1. The molecule has 68 valence electrons. The summed E-state index contributed by atoms with van der Waals surface area (Å²) in [5.74, 6) is -1.77. The number of rotatable bonds is 6. The molecule has 0 aliphatic heterocycles. The van der Waals surface area contributed by atoms with Gasteiger partial charge in [0.1, 0.15) is 0 Å². The smallest absolute Gasteiger partial charge is 0.347 e. The fraction of sp³-hybridized carbons (Fsp3) is 0.500. The van der Waals surface area contributed by atoms with Gasteiger partial charge in [-0.15, -0.1) is 5.16 Å². The van der Waals surface area contributed by atoms with E-state index in [1.54, 1.807) is 0 Å². The van der Waals surface area contributed by atoms with Crippen molar-refractivity contribution < 1.29 is 19.5 Å². The number of hydrogen-bond acceptors (Lipinski definition) is 4. The summed E-state index contributed by atoms with van der Waals surface area (Å²) in [7, 11) is 0. The lowest BCUT2D eigenvalue weighted by atomic mass is 10.2. The Hall–Kier alpha value is -1.59. The van der Waals surface area contributed by atoms with Crippen molar-refractivity contribution in [3.63, 3.8) is 0 Å². The SMILES string of the molecule is C=NOC(CCC(N)=O)C(=O)O. The molecule has 0 aromatic carbocycles. The molecule has 1 atom stereocenters. The normalized spacial score (nSPS) is 11.7. The summed E-state index contributed by atoms with van der Waals surface area (Å²) < 4.78 is 0. The molecule has 1 unspecified atom stereocenters. The second-order valence-corrected chi connectivity index (χ2v) is 2.07. The predicted molar refractivity (Wildman–Crippen MR) is 40.5 cm³/mol. The molecule has 6 heteroatoms. The molecule has 0 aromatic rings. The molecule has 0 aromatic heterocycles. The molecule has 1 amide bonds. The maximum absolute atomic E-state index is 10.3. The van der Waals surface area contributed by atoms with Crippen molar-refractivity contribution in [1.29, 1.82) is 0 Å². The van der Waals surface area contributed by atoms with Gasteiger partial charge in [0.05, 0.1) is 0 Å². The molecule has 0 radical (unpaired) electrons. The van der Waals surface area contributed by atoms with E-state index in [2.05, 4.69) is 16.7 Å². The Labute approximate surface area is 69.0 Å². The minimum absolute atomic E-state index is 0.00366. The maximum Gasteiger partial charge on any atom is 0.347 e. The van der Waals surface area contributed by atoms with E-state index < -0.39 is 18.0 Å². The van der Waals surface area contributed by atoms with E-state index in [9.17, 15) is 9.59 Å². The van der Waals surface area contributed by atoms with E-state index in [0.29, 0.717) is 0 Å². The third kappa shape index (κ3) is 4.26. The topological polar surface area (TPSA) is 102 Å². The number of carbonyl (C=O) groups is 2. The largest absolute Gasteiger partial charge is 0.478 e. The van der Waals surface area contributed by atoms with Crippen LogP contribution in [0, 0.1) is 0 Å². The van der Waals surface area contributed by atoms with Crippen LogP contribution in [0.4, 0.5) is 0 Å². The number of carboxylic acids is 1. The van der Waals surface area contributed by atoms with Crippen LogP contribution >= 0.6 is 0 Å². The van der Waals surface area contributed by atoms with Crippen molar-refractivity contribution in [2.75, 3.05) is 0 Å². The lowest BCUT2D eigenvalue weighted by Gasteiger charge is -2.07. The van der Waals surface area contributed by atoms with Gasteiger partial charge in [-0.05, 0) is 0 Å². The number of oxime groups is 1. The Morgan fingerprint density at radius 3 is 2.58 bits per heavy atom. The van der Waals surface area contributed by atoms with Crippen LogP contribution in [0.15, 0.2) is 5.16 Å². The highest BCUT2D eigenvalue weighted by Crippen LogP contribution is 2.02. The minimum atomic E-state index is -1.19. The lowest BCUT2D eigenvalue weighted by Crippen LogP contribution is -2.24. The monoisotopic (exact) mass is 174 g/mol. The van der Waals surface area contributed by atoms with Crippen LogP contribution in [-0.2, 0) is 14.4 Å². The summed E-state index contributed by atoms with van der Waals surface area (Å²) >= 11 is 0. The Morgan fingerprint density at radius 2 is 2.25 bits per heavy atom. The molecular formula is C6H10N2O4. The first-order chi connectivity index (χ1) is 5.57. The molecule has 0 saturated heterocycles. The van der Waals surface area contributed by atoms with Crippen LogP contribution in [0.1, 0.15) is 12.8 Å². The summed E-state index contributed by atoms with van der Waals surface area (Å²) in [6.45, 7) is 2.96. The van der Waals surface area contributed by atoms with Crippen molar-refractivity contribution in [3.05, 3.63) is 0 Å². The quantitative estimate of drug-likeness (QED) is 0.412. The van der Waals surface area contributed by atoms with E-state index >= 15 is 0 Å². The predicted octanol–water partition coefficient (Wildman–Crippen LogP) is -0.663. The average molecular weight is 174 g/mol. The second kappa shape index (κ2) is 5.11. The van der Waals surface area contributed by atoms with Crippen LogP contribution in [0.25, 0.3) is 0 Å². The molecule has 0 bridgehead atoms. The summed E-state index contributed by atoms with van der Waals surface area (Å²) in [5.41, 5.74) is 4.80. The average Bonchev–Trinajstić information content (AvgIpc) is 1.96. The van der Waals surface area contributed by atoms with Crippen molar-refractivity contribution in [2.24, 2.45) is 10.9 Å². The zero-order valence-electron chi connectivity index (χ0n) is 6.40. The van der Waals surface area contributed by atoms with Gasteiger partial charge in [0.25, 0.3) is 0 Å². The first kappa shape index (κ1) is 10.4. The Morgan fingerprint density at radius 1 is 1.67 bits per heavy atom. The zero-order chi connectivity index (χ0) is 9.56. The maximum atomic E-state index is 10.3. The van der Waals surface area contributed by atoms with Crippen LogP contribution in [-0.4, -0.2) is 29.8 Å². The van der Waals surface area contributed by atoms with Gasteiger partial charge in [0.15, 0.2) is 0 Å². The number of aliphatic carboxylic acids is 1. The van der Waals surface area contributed by atoms with Crippen LogP contribution in [0.2, 0.25) is 0 Å². The fourth-order valence-corrected chi connectivity index (χ4v) is 0.585. The van der Waals surface area contributed by atoms with E-state index in [0.717, 1.165) is 0 Å². The van der Waals surface area contributed by atoms with Crippen molar-refractivity contribution in [3.8, 4) is 0 Å². The fourth-order valence-electron chi connectivity index (χ4n) is 0.585. The van der Waals surface area contributed by atoms with Crippen molar-refractivity contribution in [1.82, 2.24) is 0 Å². The van der Waals surface area contributed by atoms with Gasteiger partial charge in [0, 0.05) is 19.6 Å².